The van der Waals surface area contributed by atoms with Crippen LogP contribution in [0.5, 0.6) is 0 Å². The molecule has 0 atom stereocenters. The van der Waals surface area contributed by atoms with Crippen LogP contribution in [0, 0.1) is 0 Å². The minimum absolute atomic E-state index is 0.0396. The molecule has 9 nitrogen and oxygen atoms in total. The van der Waals surface area contributed by atoms with Gasteiger partial charge in [0.15, 0.2) is 0 Å². The number of benzene rings is 2. The van der Waals surface area contributed by atoms with E-state index in [1.54, 1.807) is 20.0 Å². The second-order valence-corrected chi connectivity index (χ2v) is 11.7. The predicted octanol–water partition coefficient (Wildman–Crippen LogP) is 4.80. The van der Waals surface area contributed by atoms with Crippen molar-refractivity contribution in [2.75, 3.05) is 31.3 Å². The molecule has 0 aliphatic rings. The SMILES string of the molecule is CC(C)N(CCOC(C)(C)COCC(=O)NS(=O)(=O)C(F)(F)F)c1cnc(-c2ccccc2)c(-c2ccccc2)n1. The molecule has 0 fully saturated rings. The number of nitrogens with one attached hydrogen (secondary N) is 1. The molecule has 1 heterocycles. The molecule has 13 heteroatoms. The normalized spacial score (nSPS) is 12.4. The van der Waals surface area contributed by atoms with E-state index in [1.165, 1.54) is 0 Å². The van der Waals surface area contributed by atoms with Crippen LogP contribution < -0.4 is 9.62 Å². The zero-order valence-corrected chi connectivity index (χ0v) is 24.0. The Morgan fingerprint density at radius 1 is 0.976 bits per heavy atom. The highest BCUT2D eigenvalue weighted by Gasteiger charge is 2.47. The minimum atomic E-state index is -5.79. The van der Waals surface area contributed by atoms with E-state index in [-0.39, 0.29) is 19.3 Å². The maximum Gasteiger partial charge on any atom is 0.516 e. The van der Waals surface area contributed by atoms with E-state index < -0.39 is 33.6 Å². The van der Waals surface area contributed by atoms with Gasteiger partial charge in [0, 0.05) is 23.7 Å². The molecule has 222 valence electrons. The number of alkyl halides is 3. The number of carbonyl (C=O) groups excluding carboxylic acids is 1. The Morgan fingerprint density at radius 3 is 2.07 bits per heavy atom. The van der Waals surface area contributed by atoms with E-state index in [1.807, 2.05) is 79.4 Å². The number of sulfonamides is 1. The van der Waals surface area contributed by atoms with Crippen molar-refractivity contribution < 1.29 is 35.9 Å². The zero-order valence-electron chi connectivity index (χ0n) is 23.2. The van der Waals surface area contributed by atoms with Crippen molar-refractivity contribution in [3.05, 3.63) is 66.9 Å². The third-order valence-electron chi connectivity index (χ3n) is 5.83. The maximum atomic E-state index is 12.4. The van der Waals surface area contributed by atoms with Gasteiger partial charge in [0.2, 0.25) is 0 Å². The van der Waals surface area contributed by atoms with Crippen LogP contribution in [0.25, 0.3) is 22.5 Å². The van der Waals surface area contributed by atoms with Crippen molar-refractivity contribution in [3.8, 4) is 22.5 Å². The first kappa shape index (κ1) is 32.0. The Balaban J connectivity index is 1.66. The fraction of sp³-hybridized carbons (Fsp3) is 0.393. The number of anilines is 1. The number of nitrogens with zero attached hydrogens (tertiary/aromatic N) is 3. The van der Waals surface area contributed by atoms with E-state index >= 15 is 0 Å². The standard InChI is InChI=1S/C28H33F3N4O5S/c1-20(2)35(15-16-40-27(3,4)19-39-18-24(36)34-41(37,38)28(29,30)31)23-17-32-25(21-11-7-5-8-12-21)26(33-23)22-13-9-6-10-14-22/h5-14,17,20H,15-16,18-19H2,1-4H3,(H,34,36). The van der Waals surface area contributed by atoms with Gasteiger partial charge in [-0.05, 0) is 27.7 Å². The molecule has 3 aromatic rings. The summed E-state index contributed by atoms with van der Waals surface area (Å²) in [6.45, 7) is 6.99. The van der Waals surface area contributed by atoms with Crippen LogP contribution in [0.1, 0.15) is 27.7 Å². The lowest BCUT2D eigenvalue weighted by Gasteiger charge is -2.31. The molecule has 0 bridgehead atoms. The Hall–Kier alpha value is -3.55. The second-order valence-electron chi connectivity index (χ2n) is 10.0. The van der Waals surface area contributed by atoms with Gasteiger partial charge in [-0.25, -0.2) is 9.71 Å². The summed E-state index contributed by atoms with van der Waals surface area (Å²) in [5.74, 6) is -0.783. The Bertz CT molecular complexity index is 1400. The highest BCUT2D eigenvalue weighted by atomic mass is 32.2. The van der Waals surface area contributed by atoms with Crippen molar-refractivity contribution >= 4 is 21.7 Å². The summed E-state index contributed by atoms with van der Waals surface area (Å²) >= 11 is 0. The third kappa shape index (κ3) is 8.97. The van der Waals surface area contributed by atoms with Gasteiger partial charge in [0.05, 0.1) is 36.4 Å². The number of ether oxygens (including phenoxy) is 2. The number of halogens is 3. The van der Waals surface area contributed by atoms with Crippen LogP contribution in [-0.2, 0) is 24.3 Å². The van der Waals surface area contributed by atoms with E-state index in [0.29, 0.717) is 12.4 Å². The van der Waals surface area contributed by atoms with Crippen LogP contribution in [0.15, 0.2) is 66.9 Å². The first-order chi connectivity index (χ1) is 19.2. The van der Waals surface area contributed by atoms with Crippen molar-refractivity contribution in [3.63, 3.8) is 0 Å². The van der Waals surface area contributed by atoms with E-state index in [0.717, 1.165) is 27.2 Å². The fourth-order valence-corrected chi connectivity index (χ4v) is 4.32. The summed E-state index contributed by atoms with van der Waals surface area (Å²) in [7, 11) is -5.79. The highest BCUT2D eigenvalue weighted by Crippen LogP contribution is 2.31. The van der Waals surface area contributed by atoms with Crippen molar-refractivity contribution in [2.45, 2.75) is 44.8 Å². The molecule has 2 aromatic carbocycles. The largest absolute Gasteiger partial charge is 0.516 e. The first-order valence-electron chi connectivity index (χ1n) is 12.8. The molecule has 41 heavy (non-hydrogen) atoms. The number of hydrogen-bond acceptors (Lipinski definition) is 8. The molecule has 1 aromatic heterocycles. The molecule has 0 aliphatic carbocycles. The van der Waals surface area contributed by atoms with Gasteiger partial charge in [0.1, 0.15) is 12.4 Å². The molecule has 0 aliphatic heterocycles. The third-order valence-corrected chi connectivity index (χ3v) is 6.94. The molecule has 1 N–H and O–H groups in total. The van der Waals surface area contributed by atoms with Crippen LogP contribution in [0.3, 0.4) is 0 Å². The summed E-state index contributed by atoms with van der Waals surface area (Å²) < 4.78 is 71.3. The number of aromatic nitrogens is 2. The molecule has 3 rings (SSSR count). The van der Waals surface area contributed by atoms with E-state index in [9.17, 15) is 26.4 Å². The average Bonchev–Trinajstić information content (AvgIpc) is 2.90. The molecule has 0 unspecified atom stereocenters. The summed E-state index contributed by atoms with van der Waals surface area (Å²) in [4.78, 5) is 23.4. The topological polar surface area (TPSA) is 111 Å². The van der Waals surface area contributed by atoms with Crippen molar-refractivity contribution in [1.82, 2.24) is 14.7 Å². The zero-order chi connectivity index (χ0) is 30.3. The molecule has 0 saturated heterocycles. The van der Waals surface area contributed by atoms with Crippen molar-refractivity contribution in [2.24, 2.45) is 0 Å². The number of amides is 1. The van der Waals surface area contributed by atoms with Crippen LogP contribution >= 0.6 is 0 Å². The number of rotatable bonds is 13. The second kappa shape index (κ2) is 13.4. The Labute approximate surface area is 237 Å². The van der Waals surface area contributed by atoms with Gasteiger partial charge in [-0.3, -0.25) is 9.78 Å². The van der Waals surface area contributed by atoms with Crippen molar-refractivity contribution in [1.29, 1.82) is 0 Å². The number of hydrogen-bond donors (Lipinski definition) is 1. The van der Waals surface area contributed by atoms with Crippen LogP contribution in [-0.4, -0.2) is 67.8 Å². The predicted molar refractivity (Wildman–Crippen MR) is 149 cm³/mol. The smallest absolute Gasteiger partial charge is 0.371 e. The quantitative estimate of drug-likeness (QED) is 0.301. The average molecular weight is 595 g/mol. The first-order valence-corrected chi connectivity index (χ1v) is 14.3. The van der Waals surface area contributed by atoms with Gasteiger partial charge in [-0.2, -0.15) is 21.6 Å². The van der Waals surface area contributed by atoms with Crippen LogP contribution in [0.4, 0.5) is 19.0 Å². The molecular weight excluding hydrogens is 561 g/mol. The van der Waals surface area contributed by atoms with Gasteiger partial charge in [-0.1, -0.05) is 60.7 Å². The van der Waals surface area contributed by atoms with Gasteiger partial charge < -0.3 is 14.4 Å². The fourth-order valence-electron chi connectivity index (χ4n) is 3.85. The summed E-state index contributed by atoms with van der Waals surface area (Å²) in [5, 5.41) is 0. The molecule has 0 saturated carbocycles. The number of carbonyl (C=O) groups is 1. The Kier molecular flexibility index (Phi) is 10.5. The van der Waals surface area contributed by atoms with Crippen LogP contribution in [0.2, 0.25) is 0 Å². The maximum absolute atomic E-state index is 12.4. The lowest BCUT2D eigenvalue weighted by atomic mass is 10.0. The highest BCUT2D eigenvalue weighted by molar-refractivity contribution is 7.90. The van der Waals surface area contributed by atoms with E-state index in [4.69, 9.17) is 19.4 Å². The molecular formula is C28H33F3N4O5S. The van der Waals surface area contributed by atoms with Gasteiger partial charge in [-0.15, -0.1) is 0 Å². The molecule has 0 spiro atoms. The minimum Gasteiger partial charge on any atom is -0.371 e. The van der Waals surface area contributed by atoms with Gasteiger partial charge in [0.25, 0.3) is 5.91 Å². The summed E-state index contributed by atoms with van der Waals surface area (Å²) in [5.41, 5.74) is -3.17. The van der Waals surface area contributed by atoms with Gasteiger partial charge >= 0.3 is 15.5 Å². The summed E-state index contributed by atoms with van der Waals surface area (Å²) in [6, 6.07) is 19.6. The molecule has 1 amide bonds. The lowest BCUT2D eigenvalue weighted by Crippen LogP contribution is -2.43. The summed E-state index contributed by atoms with van der Waals surface area (Å²) in [6.07, 6.45) is 1.72. The van der Waals surface area contributed by atoms with E-state index in [2.05, 4.69) is 0 Å². The monoisotopic (exact) mass is 594 g/mol. The molecule has 0 radical (unpaired) electrons. The Morgan fingerprint density at radius 2 is 1.54 bits per heavy atom. The lowest BCUT2D eigenvalue weighted by molar-refractivity contribution is -0.128.